The molecule has 2 aromatic carbocycles. The molecule has 90 valence electrons. The summed E-state index contributed by atoms with van der Waals surface area (Å²) in [4.78, 5) is 0. The second-order valence-electron chi connectivity index (χ2n) is 4.04. The lowest BCUT2D eigenvalue weighted by Crippen LogP contribution is -2.04. The fourth-order valence-electron chi connectivity index (χ4n) is 1.80. The lowest BCUT2D eigenvalue weighted by Gasteiger charge is -2.10. The van der Waals surface area contributed by atoms with Gasteiger partial charge in [0, 0.05) is 6.42 Å². The van der Waals surface area contributed by atoms with Gasteiger partial charge in [0.25, 0.3) is 0 Å². The summed E-state index contributed by atoms with van der Waals surface area (Å²) in [6.45, 7) is 0.553. The van der Waals surface area contributed by atoms with Crippen LogP contribution in [-0.2, 0) is 0 Å². The number of hydrogen-bond donors (Lipinski definition) is 0. The van der Waals surface area contributed by atoms with E-state index in [4.69, 9.17) is 4.74 Å². The van der Waals surface area contributed by atoms with E-state index >= 15 is 0 Å². The van der Waals surface area contributed by atoms with Gasteiger partial charge in [-0.25, -0.2) is 0 Å². The number of benzene rings is 2. The minimum absolute atomic E-state index is 0.102. The van der Waals surface area contributed by atoms with Crippen LogP contribution in [-0.4, -0.2) is 6.61 Å². The summed E-state index contributed by atoms with van der Waals surface area (Å²) >= 11 is 0. The molecule has 0 spiro atoms. The summed E-state index contributed by atoms with van der Waals surface area (Å²) in [5.74, 6) is 0.747. The second kappa shape index (κ2) is 6.46. The zero-order valence-electron chi connectivity index (χ0n) is 10.1. The minimum Gasteiger partial charge on any atom is -0.494 e. The predicted octanol–water partition coefficient (Wildman–Crippen LogP) is 3.76. The molecule has 18 heavy (non-hydrogen) atoms. The maximum atomic E-state index is 9.17. The van der Waals surface area contributed by atoms with Gasteiger partial charge in [-0.05, 0) is 17.7 Å². The van der Waals surface area contributed by atoms with Crippen LogP contribution >= 0.6 is 0 Å². The highest BCUT2D eigenvalue weighted by molar-refractivity contribution is 5.25. The average molecular weight is 237 g/mol. The molecule has 0 aliphatic rings. The number of ether oxygens (including phenoxy) is 1. The molecule has 0 amide bonds. The van der Waals surface area contributed by atoms with Crippen molar-refractivity contribution in [1.82, 2.24) is 0 Å². The molecule has 0 saturated heterocycles. The molecule has 0 aliphatic carbocycles. The van der Waals surface area contributed by atoms with E-state index in [-0.39, 0.29) is 5.92 Å². The van der Waals surface area contributed by atoms with E-state index in [2.05, 4.69) is 6.07 Å². The van der Waals surface area contributed by atoms with E-state index in [1.54, 1.807) is 0 Å². The van der Waals surface area contributed by atoms with Crippen molar-refractivity contribution in [1.29, 1.82) is 5.26 Å². The van der Waals surface area contributed by atoms with Crippen molar-refractivity contribution in [3.05, 3.63) is 66.2 Å². The summed E-state index contributed by atoms with van der Waals surface area (Å²) in [5, 5.41) is 9.17. The summed E-state index contributed by atoms with van der Waals surface area (Å²) in [7, 11) is 0. The van der Waals surface area contributed by atoms with Gasteiger partial charge in [-0.1, -0.05) is 48.5 Å². The van der Waals surface area contributed by atoms with Crippen molar-refractivity contribution in [2.75, 3.05) is 6.61 Å². The smallest absolute Gasteiger partial charge is 0.119 e. The molecule has 2 nitrogen and oxygen atoms in total. The van der Waals surface area contributed by atoms with Crippen LogP contribution < -0.4 is 4.74 Å². The first-order valence-electron chi connectivity index (χ1n) is 6.02. The van der Waals surface area contributed by atoms with Gasteiger partial charge in [-0.15, -0.1) is 0 Å². The van der Waals surface area contributed by atoms with Crippen molar-refractivity contribution in [3.8, 4) is 11.8 Å². The lowest BCUT2D eigenvalue weighted by molar-refractivity contribution is 0.306. The summed E-state index contributed by atoms with van der Waals surface area (Å²) in [6.07, 6.45) is 0.704. The van der Waals surface area contributed by atoms with E-state index in [0.717, 1.165) is 11.3 Å². The van der Waals surface area contributed by atoms with E-state index in [1.165, 1.54) is 0 Å². The molecule has 0 unspecified atom stereocenters. The molecule has 1 atom stereocenters. The third-order valence-corrected chi connectivity index (χ3v) is 2.78. The van der Waals surface area contributed by atoms with Gasteiger partial charge in [0.05, 0.1) is 18.6 Å². The monoisotopic (exact) mass is 237 g/mol. The van der Waals surface area contributed by atoms with E-state index in [9.17, 15) is 5.26 Å². The molecule has 2 heteroatoms. The Labute approximate surface area is 107 Å². The molecule has 0 fully saturated rings. The SMILES string of the molecule is N#C[C@@H](CCOc1ccccc1)c1ccccc1. The molecular formula is C16H15NO. The van der Waals surface area contributed by atoms with Gasteiger partial charge in [-0.3, -0.25) is 0 Å². The molecule has 0 aliphatic heterocycles. The predicted molar refractivity (Wildman–Crippen MR) is 71.4 cm³/mol. The third kappa shape index (κ3) is 3.36. The molecule has 0 N–H and O–H groups in total. The molecule has 0 aromatic heterocycles. The molecule has 0 radical (unpaired) electrons. The zero-order valence-corrected chi connectivity index (χ0v) is 10.1. The molecule has 2 rings (SSSR count). The second-order valence-corrected chi connectivity index (χ2v) is 4.04. The van der Waals surface area contributed by atoms with Crippen molar-refractivity contribution in [2.24, 2.45) is 0 Å². The Kier molecular flexibility index (Phi) is 4.38. The van der Waals surface area contributed by atoms with Crippen molar-refractivity contribution in [3.63, 3.8) is 0 Å². The minimum atomic E-state index is -0.102. The highest BCUT2D eigenvalue weighted by atomic mass is 16.5. The Balaban J connectivity index is 1.88. The normalized spacial score (nSPS) is 11.5. The van der Waals surface area contributed by atoms with Crippen LogP contribution in [0.25, 0.3) is 0 Å². The maximum absolute atomic E-state index is 9.17. The van der Waals surface area contributed by atoms with Crippen LogP contribution in [0.3, 0.4) is 0 Å². The topological polar surface area (TPSA) is 33.0 Å². The number of hydrogen-bond acceptors (Lipinski definition) is 2. The highest BCUT2D eigenvalue weighted by Gasteiger charge is 2.09. The Hall–Kier alpha value is -2.27. The van der Waals surface area contributed by atoms with Crippen LogP contribution in [0.1, 0.15) is 17.9 Å². The first-order chi connectivity index (χ1) is 8.90. The van der Waals surface area contributed by atoms with Crippen LogP contribution in [0.4, 0.5) is 0 Å². The Bertz CT molecular complexity index is 502. The highest BCUT2D eigenvalue weighted by Crippen LogP contribution is 2.19. The molecule has 0 heterocycles. The van der Waals surface area contributed by atoms with Gasteiger partial charge in [0.2, 0.25) is 0 Å². The first-order valence-corrected chi connectivity index (χ1v) is 6.02. The number of nitriles is 1. The Morgan fingerprint density at radius 3 is 2.17 bits per heavy atom. The lowest BCUT2D eigenvalue weighted by atomic mass is 9.98. The van der Waals surface area contributed by atoms with E-state index in [0.29, 0.717) is 13.0 Å². The quantitative estimate of drug-likeness (QED) is 0.793. The van der Waals surface area contributed by atoms with Crippen LogP contribution in [0.2, 0.25) is 0 Å². The number of rotatable bonds is 5. The Morgan fingerprint density at radius 2 is 1.56 bits per heavy atom. The number of nitrogens with zero attached hydrogens (tertiary/aromatic N) is 1. The van der Waals surface area contributed by atoms with E-state index < -0.39 is 0 Å². The standard InChI is InChI=1S/C16H15NO/c17-13-15(14-7-3-1-4-8-14)11-12-18-16-9-5-2-6-10-16/h1-10,15H,11-12H2/t15-/m1/s1. The summed E-state index contributed by atoms with van der Waals surface area (Å²) in [5.41, 5.74) is 1.05. The fourth-order valence-corrected chi connectivity index (χ4v) is 1.80. The summed E-state index contributed by atoms with van der Waals surface area (Å²) < 4.78 is 5.61. The largest absolute Gasteiger partial charge is 0.494 e. The molecule has 0 saturated carbocycles. The number of para-hydroxylation sites is 1. The molecular weight excluding hydrogens is 222 g/mol. The molecule has 0 bridgehead atoms. The zero-order chi connectivity index (χ0) is 12.6. The Morgan fingerprint density at radius 1 is 0.944 bits per heavy atom. The summed E-state index contributed by atoms with van der Waals surface area (Å²) in [6, 6.07) is 21.8. The third-order valence-electron chi connectivity index (χ3n) is 2.78. The fraction of sp³-hybridized carbons (Fsp3) is 0.188. The van der Waals surface area contributed by atoms with Crippen LogP contribution in [0, 0.1) is 11.3 Å². The van der Waals surface area contributed by atoms with Gasteiger partial charge in [-0.2, -0.15) is 5.26 Å². The molecule has 2 aromatic rings. The average Bonchev–Trinajstić information content (AvgIpc) is 2.46. The first kappa shape index (κ1) is 12.2. The van der Waals surface area contributed by atoms with Gasteiger partial charge < -0.3 is 4.74 Å². The maximum Gasteiger partial charge on any atom is 0.119 e. The van der Waals surface area contributed by atoms with Crippen LogP contribution in [0.15, 0.2) is 60.7 Å². The van der Waals surface area contributed by atoms with Crippen LogP contribution in [0.5, 0.6) is 5.75 Å². The van der Waals surface area contributed by atoms with Crippen molar-refractivity contribution < 1.29 is 4.74 Å². The van der Waals surface area contributed by atoms with Crippen molar-refractivity contribution >= 4 is 0 Å². The van der Waals surface area contributed by atoms with Gasteiger partial charge in [0.15, 0.2) is 0 Å². The van der Waals surface area contributed by atoms with Gasteiger partial charge in [0.1, 0.15) is 5.75 Å². The van der Waals surface area contributed by atoms with E-state index in [1.807, 2.05) is 60.7 Å². The van der Waals surface area contributed by atoms with Gasteiger partial charge >= 0.3 is 0 Å². The van der Waals surface area contributed by atoms with Crippen molar-refractivity contribution in [2.45, 2.75) is 12.3 Å².